The lowest BCUT2D eigenvalue weighted by Gasteiger charge is -1.99. The molecule has 0 aliphatic heterocycles. The third-order valence-electron chi connectivity index (χ3n) is 1.55. The van der Waals surface area contributed by atoms with Gasteiger partial charge in [0.25, 0.3) is 0 Å². The smallest absolute Gasteiger partial charge is 0.170 e. The number of allylic oxidation sites excluding steroid dienone is 1. The first-order chi connectivity index (χ1) is 6.09. The van der Waals surface area contributed by atoms with E-state index in [0.717, 1.165) is 5.56 Å². The van der Waals surface area contributed by atoms with Crippen LogP contribution in [0.15, 0.2) is 24.3 Å². The van der Waals surface area contributed by atoms with Crippen molar-refractivity contribution in [3.63, 3.8) is 0 Å². The van der Waals surface area contributed by atoms with Gasteiger partial charge in [0.1, 0.15) is 0 Å². The fraction of sp³-hybridized carbons (Fsp3) is 0. The monoisotopic (exact) mass is 194 g/mol. The molecule has 68 valence electrons. The average molecular weight is 194 g/mol. The predicted octanol–water partition coefficient (Wildman–Crippen LogP) is 1.27. The summed E-state index contributed by atoms with van der Waals surface area (Å²) >= 11 is 0. The number of carbonyl (C=O) groups excluding carboxylic acids is 1. The van der Waals surface area contributed by atoms with E-state index in [4.69, 9.17) is 11.5 Å². The van der Waals surface area contributed by atoms with Crippen molar-refractivity contribution in [2.45, 2.75) is 0 Å². The van der Waals surface area contributed by atoms with Gasteiger partial charge in [-0.3, -0.25) is 4.79 Å². The van der Waals surface area contributed by atoms with Crippen molar-refractivity contribution in [2.24, 2.45) is 0 Å². The van der Waals surface area contributed by atoms with Crippen LogP contribution in [0, 0.1) is 0 Å². The van der Waals surface area contributed by atoms with E-state index in [-0.39, 0.29) is 5.52 Å². The Morgan fingerprint density at radius 2 is 2.00 bits per heavy atom. The second-order valence-electron chi connectivity index (χ2n) is 2.62. The molecule has 0 fully saturated rings. The number of anilines is 2. The van der Waals surface area contributed by atoms with Gasteiger partial charge >= 0.3 is 0 Å². The minimum Gasteiger partial charge on any atom is -0.397 e. The molecule has 1 unspecified atom stereocenters. The Morgan fingerprint density at radius 1 is 1.31 bits per heavy atom. The highest BCUT2D eigenvalue weighted by Crippen LogP contribution is 2.16. The molecule has 1 atom stereocenters. The van der Waals surface area contributed by atoms with Crippen molar-refractivity contribution in [3.8, 4) is 0 Å². The first-order valence-corrected chi connectivity index (χ1v) is 4.30. The molecule has 0 aliphatic rings. The molecule has 4 N–H and O–H groups in total. The average Bonchev–Trinajstić information content (AvgIpc) is 2.07. The summed E-state index contributed by atoms with van der Waals surface area (Å²) in [5.74, 6) is 0. The van der Waals surface area contributed by atoms with Gasteiger partial charge in [-0.1, -0.05) is 21.4 Å². The Kier molecular flexibility index (Phi) is 3.04. The molecule has 1 aromatic carbocycles. The van der Waals surface area contributed by atoms with Gasteiger partial charge in [0, 0.05) is 0 Å². The van der Waals surface area contributed by atoms with Gasteiger partial charge < -0.3 is 11.5 Å². The summed E-state index contributed by atoms with van der Waals surface area (Å²) in [6.07, 6.45) is 3.14. The first-order valence-electron chi connectivity index (χ1n) is 3.72. The Hall–Kier alpha value is -1.34. The molecule has 0 saturated heterocycles. The molecule has 3 nitrogen and oxygen atoms in total. The number of nitrogen functional groups attached to an aromatic ring is 2. The largest absolute Gasteiger partial charge is 0.397 e. The fourth-order valence-electron chi connectivity index (χ4n) is 0.875. The zero-order chi connectivity index (χ0) is 9.84. The lowest BCUT2D eigenvalue weighted by Crippen LogP contribution is -1.93. The molecule has 0 radical (unpaired) electrons. The van der Waals surface area contributed by atoms with E-state index >= 15 is 0 Å². The number of rotatable bonds is 2. The maximum Gasteiger partial charge on any atom is 0.170 e. The van der Waals surface area contributed by atoms with Gasteiger partial charge in [-0.25, -0.2) is 0 Å². The quantitative estimate of drug-likeness (QED) is 0.423. The standard InChI is InChI=1S/C9H11N2OP/c10-7-3-1-6(5-8(7)11)2-4-9(12)13/h1-5H,10-11,13H2/b4-2+. The van der Waals surface area contributed by atoms with E-state index in [9.17, 15) is 4.79 Å². The van der Waals surface area contributed by atoms with E-state index in [1.165, 1.54) is 6.08 Å². The summed E-state index contributed by atoms with van der Waals surface area (Å²) in [6.45, 7) is 0. The highest BCUT2D eigenvalue weighted by molar-refractivity contribution is 7.41. The normalized spacial score (nSPS) is 10.5. The zero-order valence-electron chi connectivity index (χ0n) is 7.03. The van der Waals surface area contributed by atoms with Crippen LogP contribution >= 0.6 is 9.24 Å². The van der Waals surface area contributed by atoms with E-state index in [0.29, 0.717) is 11.4 Å². The van der Waals surface area contributed by atoms with Crippen LogP contribution < -0.4 is 11.5 Å². The van der Waals surface area contributed by atoms with Gasteiger partial charge in [0.15, 0.2) is 5.52 Å². The fourth-order valence-corrected chi connectivity index (χ4v) is 0.971. The van der Waals surface area contributed by atoms with Crippen molar-refractivity contribution in [1.82, 2.24) is 0 Å². The maximum absolute atomic E-state index is 10.6. The molecule has 0 heterocycles. The number of hydrogen-bond donors (Lipinski definition) is 2. The van der Waals surface area contributed by atoms with E-state index in [1.807, 2.05) is 0 Å². The Balaban J connectivity index is 2.92. The lowest BCUT2D eigenvalue weighted by atomic mass is 10.1. The van der Waals surface area contributed by atoms with Crippen LogP contribution in [-0.2, 0) is 4.79 Å². The summed E-state index contributed by atoms with van der Waals surface area (Å²) in [5.41, 5.74) is 13.0. The minimum atomic E-state index is -0.0737. The molecule has 0 bridgehead atoms. The molecular formula is C9H11N2OP. The molecule has 0 aliphatic carbocycles. The second kappa shape index (κ2) is 4.06. The third-order valence-corrected chi connectivity index (χ3v) is 1.74. The van der Waals surface area contributed by atoms with Crippen molar-refractivity contribution < 1.29 is 4.79 Å². The molecule has 0 saturated carbocycles. The topological polar surface area (TPSA) is 69.1 Å². The van der Waals surface area contributed by atoms with Crippen LogP contribution in [0.25, 0.3) is 6.08 Å². The molecule has 0 spiro atoms. The predicted molar refractivity (Wildman–Crippen MR) is 59.0 cm³/mol. The highest BCUT2D eigenvalue weighted by Gasteiger charge is 1.94. The second-order valence-corrected chi connectivity index (χ2v) is 3.19. The highest BCUT2D eigenvalue weighted by atomic mass is 31.0. The summed E-state index contributed by atoms with van der Waals surface area (Å²) < 4.78 is 0. The Bertz CT molecular complexity index is 361. The van der Waals surface area contributed by atoms with E-state index < -0.39 is 0 Å². The van der Waals surface area contributed by atoms with Crippen LogP contribution in [-0.4, -0.2) is 5.52 Å². The number of nitrogens with two attached hydrogens (primary N) is 2. The minimum absolute atomic E-state index is 0.0737. The van der Waals surface area contributed by atoms with Gasteiger partial charge in [0.05, 0.1) is 11.4 Å². The number of hydrogen-bond acceptors (Lipinski definition) is 3. The van der Waals surface area contributed by atoms with Gasteiger partial charge in [-0.2, -0.15) is 0 Å². The summed E-state index contributed by atoms with van der Waals surface area (Å²) in [5, 5.41) is 0. The summed E-state index contributed by atoms with van der Waals surface area (Å²) in [6, 6.07) is 5.23. The molecule has 1 aromatic rings. The molecule has 4 heteroatoms. The molecular weight excluding hydrogens is 183 g/mol. The third kappa shape index (κ3) is 2.88. The van der Waals surface area contributed by atoms with Crippen molar-refractivity contribution >= 4 is 32.2 Å². The van der Waals surface area contributed by atoms with Gasteiger partial charge in [0.2, 0.25) is 0 Å². The molecule has 1 rings (SSSR count). The van der Waals surface area contributed by atoms with Crippen molar-refractivity contribution in [2.75, 3.05) is 11.5 Å². The van der Waals surface area contributed by atoms with E-state index in [2.05, 4.69) is 9.24 Å². The number of carbonyl (C=O) groups is 1. The van der Waals surface area contributed by atoms with Crippen LogP contribution in [0.3, 0.4) is 0 Å². The summed E-state index contributed by atoms with van der Waals surface area (Å²) in [7, 11) is 2.07. The maximum atomic E-state index is 10.6. The van der Waals surface area contributed by atoms with E-state index in [1.54, 1.807) is 24.3 Å². The van der Waals surface area contributed by atoms with Crippen LogP contribution in [0.1, 0.15) is 5.56 Å². The molecule has 0 amide bonds. The Labute approximate surface area is 79.0 Å². The van der Waals surface area contributed by atoms with Crippen LogP contribution in [0.4, 0.5) is 11.4 Å². The van der Waals surface area contributed by atoms with Crippen molar-refractivity contribution in [1.29, 1.82) is 0 Å². The van der Waals surface area contributed by atoms with Gasteiger partial charge in [-0.05, 0) is 23.8 Å². The van der Waals surface area contributed by atoms with Crippen LogP contribution in [0.5, 0.6) is 0 Å². The summed E-state index contributed by atoms with van der Waals surface area (Å²) in [4.78, 5) is 10.6. The molecule has 13 heavy (non-hydrogen) atoms. The molecule has 0 aromatic heterocycles. The van der Waals surface area contributed by atoms with Crippen molar-refractivity contribution in [3.05, 3.63) is 29.8 Å². The number of benzene rings is 1. The van der Waals surface area contributed by atoms with Crippen LogP contribution in [0.2, 0.25) is 0 Å². The first kappa shape index (κ1) is 9.75. The van der Waals surface area contributed by atoms with Gasteiger partial charge in [-0.15, -0.1) is 0 Å². The zero-order valence-corrected chi connectivity index (χ0v) is 8.18. The SMILES string of the molecule is Nc1ccc(/C=C/C(=O)P)cc1N. The lowest BCUT2D eigenvalue weighted by molar-refractivity contribution is -0.107. The Morgan fingerprint density at radius 3 is 2.54 bits per heavy atom.